The van der Waals surface area contributed by atoms with E-state index in [4.69, 9.17) is 17.3 Å². The Morgan fingerprint density at radius 1 is 0.662 bits per heavy atom. The summed E-state index contributed by atoms with van der Waals surface area (Å²) in [5.74, 6) is 0. The quantitative estimate of drug-likeness (QED) is 0.102. The minimum absolute atomic E-state index is 0. The fraction of sp³-hybridized carbons (Fsp3) is 0.415. The van der Waals surface area contributed by atoms with Gasteiger partial charge in [-0.1, -0.05) is 81.1 Å². The van der Waals surface area contributed by atoms with Gasteiger partial charge in [0, 0.05) is 45.7 Å². The number of fused-ring (bicyclic) bond motifs is 4. The molecular weight excluding hydrogens is 965 g/mol. The number of hydrogen-bond donors (Lipinski definition) is 1. The molecule has 6 nitrogen and oxygen atoms in total. The van der Waals surface area contributed by atoms with E-state index >= 15 is 0 Å². The Balaban J connectivity index is 0.000000910. The van der Waals surface area contributed by atoms with Gasteiger partial charge in [-0.25, -0.2) is 4.21 Å². The van der Waals surface area contributed by atoms with Crippen LogP contribution >= 0.6 is 32.0 Å². The zero-order chi connectivity index (χ0) is 47.2. The van der Waals surface area contributed by atoms with Gasteiger partial charge >= 0.3 is 62.4 Å². The summed E-state index contributed by atoms with van der Waals surface area (Å²) in [6.45, 7) is 4.98. The molecule has 1 spiro atoms. The first-order valence-corrected chi connectivity index (χ1v) is 22.1. The van der Waals surface area contributed by atoms with E-state index in [1.807, 2.05) is 0 Å². The van der Waals surface area contributed by atoms with Gasteiger partial charge in [0.15, 0.2) is 5.60 Å². The largest absolute Gasteiger partial charge is 1.00 e. The number of benzene rings is 4. The third kappa shape index (κ3) is 14.3. The van der Waals surface area contributed by atoms with Crippen LogP contribution < -0.4 is 42.8 Å². The second-order valence-electron chi connectivity index (χ2n) is 14.0. The molecule has 4 atom stereocenters. The van der Waals surface area contributed by atoms with Crippen molar-refractivity contribution in [2.75, 3.05) is 13.2 Å². The normalized spacial score (nSPS) is 23.6. The molecular formula is C41H42Cl2F12Li2O6S2. The molecule has 0 aromatic heterocycles. The van der Waals surface area contributed by atoms with E-state index in [9.17, 15) is 62.9 Å². The first-order valence-electron chi connectivity index (χ1n) is 17.8. The van der Waals surface area contributed by atoms with Crippen LogP contribution in [-0.2, 0) is 44.7 Å². The number of rotatable bonds is 2. The summed E-state index contributed by atoms with van der Waals surface area (Å²) in [7, 11) is 3.89. The Labute approximate surface area is 406 Å². The molecule has 4 aromatic carbocycles. The molecule has 65 heavy (non-hydrogen) atoms. The van der Waals surface area contributed by atoms with Crippen molar-refractivity contribution < 1.29 is 118 Å². The minimum atomic E-state index is -4.84. The van der Waals surface area contributed by atoms with Gasteiger partial charge in [-0.05, 0) is 56.9 Å². The molecule has 0 aliphatic carbocycles. The predicted molar refractivity (Wildman–Crippen MR) is 213 cm³/mol. The van der Waals surface area contributed by atoms with Gasteiger partial charge in [0.1, 0.15) is 0 Å². The molecule has 3 aliphatic rings. The molecule has 1 saturated heterocycles. The molecule has 0 radical (unpaired) electrons. The monoisotopic (exact) mass is 1010 g/mol. The van der Waals surface area contributed by atoms with Crippen LogP contribution in [0.2, 0.25) is 0 Å². The molecule has 7 rings (SSSR count). The van der Waals surface area contributed by atoms with Crippen molar-refractivity contribution in [1.29, 1.82) is 0 Å². The van der Waals surface area contributed by atoms with Crippen molar-refractivity contribution in [3.8, 4) is 0 Å². The maximum atomic E-state index is 13.9. The summed E-state index contributed by atoms with van der Waals surface area (Å²) in [6, 6.07) is 25.4. The fourth-order valence-electron chi connectivity index (χ4n) is 5.74. The third-order valence-corrected chi connectivity index (χ3v) is 12.5. The smallest absolute Gasteiger partial charge is 0.841 e. The van der Waals surface area contributed by atoms with Crippen LogP contribution in [0.3, 0.4) is 0 Å². The molecule has 0 saturated carbocycles. The number of halogens is 14. The van der Waals surface area contributed by atoms with Gasteiger partial charge < -0.3 is 14.9 Å². The summed E-state index contributed by atoms with van der Waals surface area (Å²) >= 11 is 0. The molecule has 3 aliphatic heterocycles. The zero-order valence-electron chi connectivity index (χ0n) is 34.7. The standard InChI is InChI=1S/C18H14F6O2S.C9H9F3O.C9H7F3O.C4H8O.CH4.Cl2OS.2Li/c1-15(17(19,20)21)11-7-3-5-9-13(11)27(25-15)14-10-6-4-8-12(14)16(2,26-27)18(22,23)24;2*1-8(13,9(10,11)12)7-5-3-2-4-6-7;1-2-4-5-3-1;;1-4(2)3;;/h3-10H,1-2H3;2-6,13H,1H3;2-5H,1H3;1-4H2;1H4;;;/q;;-2;;;;2*+1. The average Bonchev–Trinajstić information content (AvgIpc) is 3.91. The molecule has 354 valence electrons. The van der Waals surface area contributed by atoms with Crippen LogP contribution in [0.1, 0.15) is 70.2 Å². The minimum Gasteiger partial charge on any atom is -0.841 e. The fourth-order valence-corrected chi connectivity index (χ4v) is 9.30. The molecule has 0 bridgehead atoms. The predicted octanol–water partition coefficient (Wildman–Crippen LogP) is 6.92. The summed E-state index contributed by atoms with van der Waals surface area (Å²) in [5, 5.41) is 20.4. The van der Waals surface area contributed by atoms with Crippen LogP contribution in [0.4, 0.5) is 52.7 Å². The topological polar surface area (TPSA) is 88.1 Å². The van der Waals surface area contributed by atoms with E-state index in [-0.39, 0.29) is 77.2 Å². The van der Waals surface area contributed by atoms with Gasteiger partial charge in [0.2, 0.25) is 20.4 Å². The Morgan fingerprint density at radius 2 is 1.03 bits per heavy atom. The second-order valence-corrected chi connectivity index (χ2v) is 18.7. The Hall–Kier alpha value is -1.89. The summed E-state index contributed by atoms with van der Waals surface area (Å²) in [6.07, 6.45) is -16.6. The van der Waals surface area contributed by atoms with Crippen LogP contribution in [-0.4, -0.2) is 47.2 Å². The Morgan fingerprint density at radius 3 is 1.34 bits per heavy atom. The van der Waals surface area contributed by atoms with Crippen LogP contribution in [0.25, 0.3) is 0 Å². The van der Waals surface area contributed by atoms with Crippen molar-refractivity contribution in [2.24, 2.45) is 0 Å². The van der Waals surface area contributed by atoms with E-state index in [1.54, 1.807) is 6.07 Å². The van der Waals surface area contributed by atoms with Crippen molar-refractivity contribution >= 4 is 41.2 Å². The summed E-state index contributed by atoms with van der Waals surface area (Å²) in [4.78, 5) is 0.00972. The van der Waals surface area contributed by atoms with Crippen molar-refractivity contribution in [3.63, 3.8) is 0 Å². The van der Waals surface area contributed by atoms with Crippen molar-refractivity contribution in [2.45, 2.75) is 105 Å². The van der Waals surface area contributed by atoms with Gasteiger partial charge in [-0.15, -0.1) is 10.6 Å². The maximum absolute atomic E-state index is 13.9. The van der Waals surface area contributed by atoms with Gasteiger partial charge in [-0.2, -0.15) is 88.6 Å². The van der Waals surface area contributed by atoms with Gasteiger partial charge in [-0.3, -0.25) is 8.37 Å². The third-order valence-electron chi connectivity index (χ3n) is 9.51. The first kappa shape index (κ1) is 63.1. The summed E-state index contributed by atoms with van der Waals surface area (Å²) in [5.41, 5.74) is -12.4. The number of aliphatic hydroxyl groups is 1. The van der Waals surface area contributed by atoms with E-state index in [0.29, 0.717) is 6.92 Å². The first-order chi connectivity index (χ1) is 28.3. The number of hydrogen-bond acceptors (Lipinski definition) is 6. The van der Waals surface area contributed by atoms with E-state index < -0.39 is 66.9 Å². The van der Waals surface area contributed by atoms with E-state index in [1.165, 1.54) is 104 Å². The number of ether oxygens (including phenoxy) is 1. The van der Waals surface area contributed by atoms with E-state index in [0.717, 1.165) is 40.1 Å². The van der Waals surface area contributed by atoms with Crippen LogP contribution in [0.15, 0.2) is 113 Å². The number of alkyl halides is 12. The van der Waals surface area contributed by atoms with Crippen molar-refractivity contribution in [1.82, 2.24) is 0 Å². The Bertz CT molecular complexity index is 1950. The Kier molecular flexibility index (Phi) is 23.4. The molecule has 0 amide bonds. The maximum Gasteiger partial charge on any atom is 1.00 e. The van der Waals surface area contributed by atoms with Crippen molar-refractivity contribution in [3.05, 3.63) is 131 Å². The van der Waals surface area contributed by atoms with Gasteiger partial charge in [0.05, 0.1) is 9.79 Å². The average molecular weight is 1010 g/mol. The van der Waals surface area contributed by atoms with Crippen LogP contribution in [0, 0.1) is 6.07 Å². The van der Waals surface area contributed by atoms with Crippen LogP contribution in [0.5, 0.6) is 0 Å². The SMILES string of the molecule is C.C1CCOC1.CC(O)(c1ccccc1)C(F)(F)F.CC([O-])(c1[c-]cccc1)C(F)(F)F.CC1(C(F)(F)F)OS2(OC(C)(C(F)(F)F)c3ccccc32)c2ccccc21.O=S(Cl)Cl.[Li+].[Li+]. The molecule has 4 aromatic rings. The van der Waals surface area contributed by atoms with E-state index in [2.05, 4.69) is 27.4 Å². The molecule has 4 unspecified atom stereocenters. The second kappa shape index (κ2) is 24.1. The van der Waals surface area contributed by atoms with Gasteiger partial charge in [0.25, 0.3) is 0 Å². The molecule has 24 heteroatoms. The molecule has 1 fully saturated rings. The zero-order valence-corrected chi connectivity index (χ0v) is 37.9. The molecule has 1 N–H and O–H groups in total. The molecule has 3 heterocycles. The summed E-state index contributed by atoms with van der Waals surface area (Å²) < 4.78 is 182.